The van der Waals surface area contributed by atoms with Gasteiger partial charge in [-0.05, 0) is 48.9 Å². The fourth-order valence-corrected chi connectivity index (χ4v) is 3.61. The Morgan fingerprint density at radius 3 is 2.50 bits per heavy atom. The fourth-order valence-electron chi connectivity index (χ4n) is 3.24. The SMILES string of the molecule is CCc1cccc(C)c1Nc1nc(SC)nc(-c2ccc(OC)c(OC)c2)c1C#N. The van der Waals surface area contributed by atoms with E-state index in [0.717, 1.165) is 28.8 Å². The van der Waals surface area contributed by atoms with Crippen LogP contribution in [-0.4, -0.2) is 30.4 Å². The number of nitriles is 1. The lowest BCUT2D eigenvalue weighted by atomic mass is 10.0. The van der Waals surface area contributed by atoms with E-state index >= 15 is 0 Å². The molecule has 6 nitrogen and oxygen atoms in total. The van der Waals surface area contributed by atoms with Gasteiger partial charge in [-0.3, -0.25) is 0 Å². The van der Waals surface area contributed by atoms with Crippen LogP contribution in [0.15, 0.2) is 41.6 Å². The summed E-state index contributed by atoms with van der Waals surface area (Å²) in [4.78, 5) is 9.22. The van der Waals surface area contributed by atoms with E-state index < -0.39 is 0 Å². The lowest BCUT2D eigenvalue weighted by molar-refractivity contribution is 0.355. The largest absolute Gasteiger partial charge is 0.493 e. The molecule has 0 radical (unpaired) electrons. The van der Waals surface area contributed by atoms with Gasteiger partial charge in [-0.25, -0.2) is 9.97 Å². The Bertz CT molecular complexity index is 1110. The van der Waals surface area contributed by atoms with Gasteiger partial charge in [-0.2, -0.15) is 5.26 Å². The zero-order chi connectivity index (χ0) is 21.7. The second-order valence-corrected chi connectivity index (χ2v) is 7.33. The van der Waals surface area contributed by atoms with Gasteiger partial charge in [0.15, 0.2) is 22.5 Å². The number of hydrogen-bond donors (Lipinski definition) is 1. The number of nitrogens with one attached hydrogen (secondary N) is 1. The van der Waals surface area contributed by atoms with Gasteiger partial charge in [0.2, 0.25) is 0 Å². The fraction of sp³-hybridized carbons (Fsp3) is 0.261. The number of benzene rings is 2. The molecule has 30 heavy (non-hydrogen) atoms. The van der Waals surface area contributed by atoms with Crippen molar-refractivity contribution < 1.29 is 9.47 Å². The van der Waals surface area contributed by atoms with Gasteiger partial charge in [-0.15, -0.1) is 0 Å². The van der Waals surface area contributed by atoms with E-state index in [4.69, 9.17) is 9.47 Å². The number of nitrogens with zero attached hydrogens (tertiary/aromatic N) is 3. The van der Waals surface area contributed by atoms with Gasteiger partial charge >= 0.3 is 0 Å². The molecule has 0 atom stereocenters. The number of aryl methyl sites for hydroxylation is 2. The van der Waals surface area contributed by atoms with Crippen LogP contribution >= 0.6 is 11.8 Å². The van der Waals surface area contributed by atoms with Crippen molar-refractivity contribution in [2.45, 2.75) is 25.4 Å². The zero-order valence-electron chi connectivity index (χ0n) is 17.7. The molecule has 2 aromatic carbocycles. The number of para-hydroxylation sites is 1. The summed E-state index contributed by atoms with van der Waals surface area (Å²) in [6.45, 7) is 4.15. The molecule has 7 heteroatoms. The summed E-state index contributed by atoms with van der Waals surface area (Å²) in [5, 5.41) is 14.0. The number of hydrogen-bond acceptors (Lipinski definition) is 7. The van der Waals surface area contributed by atoms with Crippen molar-refractivity contribution in [3.63, 3.8) is 0 Å². The van der Waals surface area contributed by atoms with Crippen molar-refractivity contribution in [3.8, 4) is 28.8 Å². The van der Waals surface area contributed by atoms with Crippen LogP contribution in [0.1, 0.15) is 23.6 Å². The third-order valence-electron chi connectivity index (χ3n) is 4.82. The van der Waals surface area contributed by atoms with Crippen molar-refractivity contribution in [2.75, 3.05) is 25.8 Å². The number of thioether (sulfide) groups is 1. The first-order valence-corrected chi connectivity index (χ1v) is 10.7. The molecule has 3 aromatic rings. The molecule has 0 spiro atoms. The average Bonchev–Trinajstić information content (AvgIpc) is 2.79. The summed E-state index contributed by atoms with van der Waals surface area (Å²) in [7, 11) is 3.17. The first-order valence-electron chi connectivity index (χ1n) is 9.50. The Labute approximate surface area is 181 Å². The van der Waals surface area contributed by atoms with Crippen molar-refractivity contribution in [2.24, 2.45) is 0 Å². The summed E-state index contributed by atoms with van der Waals surface area (Å²) in [5.74, 6) is 1.68. The van der Waals surface area contributed by atoms with E-state index in [1.165, 1.54) is 11.8 Å². The minimum Gasteiger partial charge on any atom is -0.493 e. The summed E-state index contributed by atoms with van der Waals surface area (Å²) in [5.41, 5.74) is 4.91. The highest BCUT2D eigenvalue weighted by molar-refractivity contribution is 7.98. The van der Waals surface area contributed by atoms with E-state index in [1.54, 1.807) is 20.3 Å². The van der Waals surface area contributed by atoms with E-state index in [-0.39, 0.29) is 0 Å². The van der Waals surface area contributed by atoms with Crippen molar-refractivity contribution in [3.05, 3.63) is 53.1 Å². The van der Waals surface area contributed by atoms with Crippen LogP contribution in [0.4, 0.5) is 11.5 Å². The quantitative estimate of drug-likeness (QED) is 0.406. The number of methoxy groups -OCH3 is 2. The van der Waals surface area contributed by atoms with Gasteiger partial charge < -0.3 is 14.8 Å². The summed E-state index contributed by atoms with van der Waals surface area (Å²) in [6, 6.07) is 13.9. The summed E-state index contributed by atoms with van der Waals surface area (Å²) < 4.78 is 10.8. The highest BCUT2D eigenvalue weighted by atomic mass is 32.2. The van der Waals surface area contributed by atoms with E-state index in [0.29, 0.717) is 33.7 Å². The predicted molar refractivity (Wildman–Crippen MR) is 121 cm³/mol. The van der Waals surface area contributed by atoms with Crippen LogP contribution in [-0.2, 0) is 6.42 Å². The normalized spacial score (nSPS) is 10.4. The van der Waals surface area contributed by atoms with Crippen LogP contribution in [0.25, 0.3) is 11.3 Å². The molecule has 154 valence electrons. The molecular weight excluding hydrogens is 396 g/mol. The number of aromatic nitrogens is 2. The Morgan fingerprint density at radius 1 is 1.10 bits per heavy atom. The molecule has 0 saturated heterocycles. The number of rotatable bonds is 7. The maximum absolute atomic E-state index is 9.99. The molecule has 0 bridgehead atoms. The molecule has 0 saturated carbocycles. The molecular formula is C23H24N4O2S. The number of ether oxygens (including phenoxy) is 2. The van der Waals surface area contributed by atoms with Gasteiger partial charge in [0.05, 0.1) is 19.9 Å². The Balaban J connectivity index is 2.19. The molecule has 0 amide bonds. The first kappa shape index (κ1) is 21.5. The third-order valence-corrected chi connectivity index (χ3v) is 5.37. The average molecular weight is 421 g/mol. The Morgan fingerprint density at radius 2 is 1.87 bits per heavy atom. The monoisotopic (exact) mass is 420 g/mol. The van der Waals surface area contributed by atoms with Gasteiger partial charge in [-0.1, -0.05) is 36.9 Å². The Hall–Kier alpha value is -3.24. The minimum absolute atomic E-state index is 0.380. The molecule has 1 aromatic heterocycles. The van der Waals surface area contributed by atoms with Crippen molar-refractivity contribution in [1.82, 2.24) is 9.97 Å². The molecule has 0 fully saturated rings. The van der Waals surface area contributed by atoms with Crippen molar-refractivity contribution in [1.29, 1.82) is 5.26 Å². The molecule has 0 unspecified atom stereocenters. The maximum atomic E-state index is 9.99. The standard InChI is InChI=1S/C23H24N4O2S/c1-6-15-9-7-8-14(2)20(15)25-22-17(13-24)21(26-23(27-22)30-5)16-10-11-18(28-3)19(12-16)29-4/h7-12H,6H2,1-5H3,(H,25,26,27). The Kier molecular flexibility index (Phi) is 6.80. The molecule has 1 N–H and O–H groups in total. The topological polar surface area (TPSA) is 80.1 Å². The summed E-state index contributed by atoms with van der Waals surface area (Å²) >= 11 is 1.43. The summed E-state index contributed by atoms with van der Waals surface area (Å²) in [6.07, 6.45) is 2.78. The van der Waals surface area contributed by atoms with Gasteiger partial charge in [0.1, 0.15) is 11.6 Å². The van der Waals surface area contributed by atoms with Gasteiger partial charge in [0.25, 0.3) is 0 Å². The lowest BCUT2D eigenvalue weighted by Crippen LogP contribution is -2.06. The molecule has 0 aliphatic rings. The maximum Gasteiger partial charge on any atom is 0.189 e. The number of anilines is 2. The highest BCUT2D eigenvalue weighted by Crippen LogP contribution is 2.36. The molecule has 0 aliphatic heterocycles. The first-order chi connectivity index (χ1) is 14.6. The van der Waals surface area contributed by atoms with E-state index in [9.17, 15) is 5.26 Å². The van der Waals surface area contributed by atoms with Crippen LogP contribution < -0.4 is 14.8 Å². The highest BCUT2D eigenvalue weighted by Gasteiger charge is 2.19. The van der Waals surface area contributed by atoms with Crippen LogP contribution in [0.3, 0.4) is 0 Å². The molecule has 1 heterocycles. The van der Waals surface area contributed by atoms with Crippen LogP contribution in [0.2, 0.25) is 0 Å². The molecule has 3 rings (SSSR count). The van der Waals surface area contributed by atoms with Crippen LogP contribution in [0.5, 0.6) is 11.5 Å². The smallest absolute Gasteiger partial charge is 0.189 e. The second-order valence-electron chi connectivity index (χ2n) is 6.55. The third kappa shape index (κ3) is 4.19. The van der Waals surface area contributed by atoms with Gasteiger partial charge in [0, 0.05) is 11.3 Å². The molecule has 0 aliphatic carbocycles. The lowest BCUT2D eigenvalue weighted by Gasteiger charge is -2.17. The minimum atomic E-state index is 0.380. The van der Waals surface area contributed by atoms with E-state index in [1.807, 2.05) is 37.4 Å². The predicted octanol–water partition coefficient (Wildman–Crippen LogP) is 5.37. The second kappa shape index (κ2) is 9.51. The van der Waals surface area contributed by atoms with Crippen molar-refractivity contribution >= 4 is 23.3 Å². The van der Waals surface area contributed by atoms with Crippen LogP contribution in [0, 0.1) is 18.3 Å². The van der Waals surface area contributed by atoms with E-state index in [2.05, 4.69) is 34.3 Å². The zero-order valence-corrected chi connectivity index (χ0v) is 18.6.